The maximum atomic E-state index is 12.5. The van der Waals surface area contributed by atoms with Gasteiger partial charge in [-0.2, -0.15) is 4.57 Å². The van der Waals surface area contributed by atoms with Gasteiger partial charge in [0.1, 0.15) is 11.5 Å². The number of amides is 1. The molecule has 1 amide bonds. The van der Waals surface area contributed by atoms with Crippen molar-refractivity contribution < 1.29 is 35.8 Å². The molecule has 2 aromatic carbocycles. The van der Waals surface area contributed by atoms with Crippen molar-refractivity contribution in [3.63, 3.8) is 0 Å². The smallest absolute Gasteiger partial charge is 0.262 e. The Morgan fingerprint density at radius 3 is 2.36 bits per heavy atom. The van der Waals surface area contributed by atoms with Crippen LogP contribution < -0.4 is 36.3 Å². The van der Waals surface area contributed by atoms with Crippen molar-refractivity contribution in [2.24, 2.45) is 0 Å². The van der Waals surface area contributed by atoms with Crippen LogP contribution in [0.3, 0.4) is 0 Å². The molecule has 0 saturated carbocycles. The van der Waals surface area contributed by atoms with E-state index in [4.69, 9.17) is 21.1 Å². The van der Waals surface area contributed by atoms with Crippen molar-refractivity contribution in [1.82, 2.24) is 0 Å². The number of rotatable bonds is 18. The van der Waals surface area contributed by atoms with Crippen LogP contribution in [0.5, 0.6) is 11.5 Å². The Kier molecular flexibility index (Phi) is 16.2. The van der Waals surface area contributed by atoms with Crippen molar-refractivity contribution in [2.75, 3.05) is 18.5 Å². The molecular formula is C31H42BrClN2O3S. The molecule has 214 valence electrons. The first kappa shape index (κ1) is 33.1. The Bertz CT molecular complexity index is 1120. The second kappa shape index (κ2) is 19.1. The van der Waals surface area contributed by atoms with E-state index in [-0.39, 0.29) is 29.5 Å². The Morgan fingerprint density at radius 2 is 1.67 bits per heavy atom. The van der Waals surface area contributed by atoms with Crippen LogP contribution >= 0.6 is 22.9 Å². The Morgan fingerprint density at radius 1 is 0.949 bits per heavy atom. The lowest BCUT2D eigenvalue weighted by molar-refractivity contribution is -0.683. The van der Waals surface area contributed by atoms with Crippen LogP contribution in [-0.4, -0.2) is 19.1 Å². The molecule has 3 rings (SSSR count). The topological polar surface area (TPSA) is 51.4 Å². The number of unbranched alkanes of at least 4 members (excludes halogenated alkanes) is 9. The highest BCUT2D eigenvalue weighted by Gasteiger charge is 2.10. The molecule has 1 heterocycles. The SMILES string of the molecule is CCCCCCCCCCCCOc1cc(OCC(=O)Nc2cccc(C[n+]3csc(C)c3)c2)ccc1Cl.[Br-]. The largest absolute Gasteiger partial charge is 1.00 e. The van der Waals surface area contributed by atoms with E-state index in [0.717, 1.165) is 30.6 Å². The normalized spacial score (nSPS) is 10.6. The van der Waals surface area contributed by atoms with Crippen LogP contribution in [-0.2, 0) is 11.3 Å². The van der Waals surface area contributed by atoms with Crippen molar-refractivity contribution in [3.8, 4) is 11.5 Å². The second-order valence-corrected chi connectivity index (χ2v) is 11.3. The fourth-order valence-corrected chi connectivity index (χ4v) is 5.09. The molecule has 0 saturated heterocycles. The second-order valence-electron chi connectivity index (χ2n) is 9.80. The summed E-state index contributed by atoms with van der Waals surface area (Å²) in [7, 11) is 0. The number of carbonyl (C=O) groups excluding carboxylic acids is 1. The first-order valence-corrected chi connectivity index (χ1v) is 15.2. The summed E-state index contributed by atoms with van der Waals surface area (Å²) in [5, 5.41) is 3.46. The number of ether oxygens (including phenoxy) is 2. The van der Waals surface area contributed by atoms with Gasteiger partial charge in [-0.1, -0.05) is 99.8 Å². The molecule has 0 aliphatic rings. The summed E-state index contributed by atoms with van der Waals surface area (Å²) >= 11 is 8.03. The number of nitrogens with one attached hydrogen (secondary N) is 1. The predicted molar refractivity (Wildman–Crippen MR) is 158 cm³/mol. The van der Waals surface area contributed by atoms with Gasteiger partial charge in [-0.15, -0.1) is 0 Å². The number of carbonyl (C=O) groups is 1. The van der Waals surface area contributed by atoms with Gasteiger partial charge in [-0.05, 0) is 37.6 Å². The van der Waals surface area contributed by atoms with E-state index < -0.39 is 0 Å². The van der Waals surface area contributed by atoms with Gasteiger partial charge < -0.3 is 31.8 Å². The molecule has 0 radical (unpaired) electrons. The van der Waals surface area contributed by atoms with Gasteiger partial charge in [0.25, 0.3) is 5.91 Å². The van der Waals surface area contributed by atoms with Gasteiger partial charge in [0.15, 0.2) is 19.3 Å². The number of hydrogen-bond acceptors (Lipinski definition) is 4. The van der Waals surface area contributed by atoms with Gasteiger partial charge in [-0.3, -0.25) is 4.79 Å². The average Bonchev–Trinajstić information content (AvgIpc) is 3.31. The molecule has 1 N–H and O–H groups in total. The molecule has 0 aliphatic carbocycles. The number of anilines is 1. The van der Waals surface area contributed by atoms with Gasteiger partial charge in [0.05, 0.1) is 16.5 Å². The lowest BCUT2D eigenvalue weighted by atomic mass is 10.1. The molecule has 1 aromatic heterocycles. The molecule has 0 fully saturated rings. The third kappa shape index (κ3) is 13.2. The summed E-state index contributed by atoms with van der Waals surface area (Å²) in [5.74, 6) is 0.930. The van der Waals surface area contributed by atoms with Gasteiger partial charge in [-0.25, -0.2) is 0 Å². The highest BCUT2D eigenvalue weighted by molar-refractivity contribution is 7.09. The fraction of sp³-hybridized carbons (Fsp3) is 0.484. The molecule has 3 aromatic rings. The van der Waals surface area contributed by atoms with Crippen LogP contribution in [0.15, 0.2) is 54.2 Å². The zero-order valence-corrected chi connectivity index (χ0v) is 26.4. The van der Waals surface area contributed by atoms with Crippen LogP contribution in [0.25, 0.3) is 0 Å². The maximum absolute atomic E-state index is 12.5. The van der Waals surface area contributed by atoms with E-state index in [0.29, 0.717) is 23.1 Å². The van der Waals surface area contributed by atoms with Crippen molar-refractivity contribution in [2.45, 2.75) is 84.6 Å². The molecule has 0 bridgehead atoms. The lowest BCUT2D eigenvalue weighted by Gasteiger charge is -2.12. The highest BCUT2D eigenvalue weighted by Crippen LogP contribution is 2.29. The summed E-state index contributed by atoms with van der Waals surface area (Å²) in [4.78, 5) is 13.8. The van der Waals surface area contributed by atoms with Gasteiger partial charge in [0.2, 0.25) is 5.51 Å². The minimum Gasteiger partial charge on any atom is -1.00 e. The maximum Gasteiger partial charge on any atom is 0.262 e. The van der Waals surface area contributed by atoms with Crippen LogP contribution in [0, 0.1) is 6.92 Å². The number of aromatic nitrogens is 1. The molecule has 0 spiro atoms. The van der Waals surface area contributed by atoms with E-state index in [1.165, 1.54) is 56.2 Å². The summed E-state index contributed by atoms with van der Waals surface area (Å²) in [6.45, 7) is 5.64. The van der Waals surface area contributed by atoms with Crippen molar-refractivity contribution in [3.05, 3.63) is 69.6 Å². The Labute approximate surface area is 253 Å². The number of aryl methyl sites for hydroxylation is 1. The standard InChI is InChI=1S/C31H41ClN2O3S.BrH/c1-3-4-5-6-7-8-9-10-11-12-18-36-30-20-28(16-17-29(30)32)37-23-31(35)33-27-15-13-14-26(19-27)22-34-21-25(2)38-24-34;/h13-17,19-21,24H,3-12,18,22-23H2,1-2H3;1H. The van der Waals surface area contributed by atoms with Crippen molar-refractivity contribution in [1.29, 1.82) is 0 Å². The highest BCUT2D eigenvalue weighted by atomic mass is 79.9. The minimum atomic E-state index is -0.219. The minimum absolute atomic E-state index is 0. The fourth-order valence-electron chi connectivity index (χ4n) is 4.29. The predicted octanol–water partition coefficient (Wildman–Crippen LogP) is 5.37. The number of halogens is 2. The third-order valence-corrected chi connectivity index (χ3v) is 7.49. The molecule has 0 aliphatic heterocycles. The summed E-state index contributed by atoms with van der Waals surface area (Å²) in [6, 6.07) is 13.1. The zero-order chi connectivity index (χ0) is 27.0. The summed E-state index contributed by atoms with van der Waals surface area (Å²) in [5.41, 5.74) is 3.96. The monoisotopic (exact) mass is 636 g/mol. The van der Waals surface area contributed by atoms with Gasteiger partial charge in [0, 0.05) is 17.3 Å². The van der Waals surface area contributed by atoms with Crippen molar-refractivity contribution >= 4 is 34.5 Å². The van der Waals surface area contributed by atoms with Crippen LogP contribution in [0.1, 0.15) is 81.6 Å². The van der Waals surface area contributed by atoms with E-state index in [1.54, 1.807) is 29.5 Å². The van der Waals surface area contributed by atoms with E-state index in [1.807, 2.05) is 18.2 Å². The Balaban J connectivity index is 0.00000533. The number of thiazole rings is 1. The first-order chi connectivity index (χ1) is 18.5. The number of benzene rings is 2. The first-order valence-electron chi connectivity index (χ1n) is 13.9. The molecule has 5 nitrogen and oxygen atoms in total. The van der Waals surface area contributed by atoms with E-state index in [9.17, 15) is 4.79 Å². The molecular weight excluding hydrogens is 596 g/mol. The zero-order valence-electron chi connectivity index (χ0n) is 23.2. The quantitative estimate of drug-likeness (QED) is 0.151. The number of hydrogen-bond donors (Lipinski definition) is 1. The summed E-state index contributed by atoms with van der Waals surface area (Å²) in [6.07, 6.45) is 14.9. The van der Waals surface area contributed by atoms with E-state index in [2.05, 4.69) is 41.5 Å². The van der Waals surface area contributed by atoms with Gasteiger partial charge >= 0.3 is 0 Å². The summed E-state index contributed by atoms with van der Waals surface area (Å²) < 4.78 is 13.8. The van der Waals surface area contributed by atoms with Crippen LogP contribution in [0.2, 0.25) is 5.02 Å². The number of nitrogens with zero attached hydrogens (tertiary/aromatic N) is 1. The molecule has 0 atom stereocenters. The lowest BCUT2D eigenvalue weighted by Crippen LogP contribution is -3.00. The van der Waals surface area contributed by atoms with E-state index >= 15 is 0 Å². The third-order valence-electron chi connectivity index (χ3n) is 6.33. The van der Waals surface area contributed by atoms with Crippen LogP contribution in [0.4, 0.5) is 5.69 Å². The molecule has 8 heteroatoms. The average molecular weight is 638 g/mol. The Hall–Kier alpha value is -2.09. The molecule has 0 unspecified atom stereocenters. The molecule has 39 heavy (non-hydrogen) atoms.